The summed E-state index contributed by atoms with van der Waals surface area (Å²) in [4.78, 5) is 14.3. The van der Waals surface area contributed by atoms with Crippen molar-refractivity contribution in [2.24, 2.45) is 0 Å². The van der Waals surface area contributed by atoms with Crippen molar-refractivity contribution in [3.05, 3.63) is 24.3 Å². The molecule has 1 aliphatic rings. The van der Waals surface area contributed by atoms with E-state index in [2.05, 4.69) is 26.8 Å². The van der Waals surface area contributed by atoms with Gasteiger partial charge in [0, 0.05) is 15.7 Å². The van der Waals surface area contributed by atoms with Gasteiger partial charge in [0.15, 0.2) is 0 Å². The number of hydrogen-bond acceptors (Lipinski definition) is 2. The lowest BCUT2D eigenvalue weighted by molar-refractivity contribution is -0.107. The minimum absolute atomic E-state index is 0.174. The summed E-state index contributed by atoms with van der Waals surface area (Å²) in [5.41, 5.74) is 1.04. The molecule has 1 aliphatic heterocycles. The monoisotopic (exact) mass is 235 g/mol. The summed E-state index contributed by atoms with van der Waals surface area (Å²) in [6.45, 7) is 6.58. The van der Waals surface area contributed by atoms with Gasteiger partial charge in [0.1, 0.15) is 0 Å². The third kappa shape index (κ3) is 2.09. The first-order valence-electron chi connectivity index (χ1n) is 5.55. The Morgan fingerprint density at radius 2 is 2.12 bits per heavy atom. The number of benzene rings is 1. The average Bonchev–Trinajstić information content (AvgIpc) is 2.29. The molecule has 2 nitrogen and oxygen atoms in total. The smallest absolute Gasteiger partial charge is 0.214 e. The highest BCUT2D eigenvalue weighted by Gasteiger charge is 2.31. The van der Waals surface area contributed by atoms with Crippen LogP contribution in [0.1, 0.15) is 27.2 Å². The molecule has 3 heteroatoms. The van der Waals surface area contributed by atoms with Crippen LogP contribution in [0.2, 0.25) is 0 Å². The second-order valence-electron chi connectivity index (χ2n) is 4.90. The molecule has 1 unspecified atom stereocenters. The Bertz CT molecular complexity index is 403. The quantitative estimate of drug-likeness (QED) is 0.696. The summed E-state index contributed by atoms with van der Waals surface area (Å²) in [7, 11) is 0. The number of nitrogens with zero attached hydrogens (tertiary/aromatic N) is 1. The van der Waals surface area contributed by atoms with Crippen LogP contribution in [0.15, 0.2) is 29.2 Å². The predicted molar refractivity (Wildman–Crippen MR) is 69.0 cm³/mol. The van der Waals surface area contributed by atoms with E-state index in [1.807, 2.05) is 34.9 Å². The Labute approximate surface area is 101 Å². The number of para-hydroxylation sites is 1. The van der Waals surface area contributed by atoms with E-state index < -0.39 is 0 Å². The van der Waals surface area contributed by atoms with Gasteiger partial charge in [-0.2, -0.15) is 0 Å². The second-order valence-corrected chi connectivity index (χ2v) is 6.64. The van der Waals surface area contributed by atoms with Crippen molar-refractivity contribution >= 4 is 23.9 Å². The Morgan fingerprint density at radius 3 is 2.81 bits per heavy atom. The fourth-order valence-corrected chi connectivity index (χ4v) is 3.65. The van der Waals surface area contributed by atoms with Crippen LogP contribution in [-0.4, -0.2) is 17.2 Å². The molecule has 16 heavy (non-hydrogen) atoms. The molecule has 2 rings (SSSR count). The highest BCUT2D eigenvalue weighted by atomic mass is 32.2. The maximum atomic E-state index is 11.2. The first kappa shape index (κ1) is 11.5. The Morgan fingerprint density at radius 1 is 1.44 bits per heavy atom. The van der Waals surface area contributed by atoms with E-state index in [1.165, 1.54) is 4.90 Å². The van der Waals surface area contributed by atoms with Crippen molar-refractivity contribution in [2.75, 3.05) is 4.90 Å². The van der Waals surface area contributed by atoms with Crippen LogP contribution in [0.25, 0.3) is 0 Å². The van der Waals surface area contributed by atoms with Crippen LogP contribution in [0.4, 0.5) is 5.69 Å². The number of carbonyl (C=O) groups excluding carboxylic acids is 1. The summed E-state index contributed by atoms with van der Waals surface area (Å²) >= 11 is 1.86. The molecule has 0 spiro atoms. The number of thioether (sulfide) groups is 1. The number of carbonyl (C=O) groups is 1. The maximum Gasteiger partial charge on any atom is 0.214 e. The van der Waals surface area contributed by atoms with E-state index in [-0.39, 0.29) is 10.8 Å². The molecular weight excluding hydrogens is 218 g/mol. The van der Waals surface area contributed by atoms with Crippen LogP contribution in [0.3, 0.4) is 0 Å². The van der Waals surface area contributed by atoms with E-state index >= 15 is 0 Å². The van der Waals surface area contributed by atoms with Crippen LogP contribution in [0.5, 0.6) is 0 Å². The summed E-state index contributed by atoms with van der Waals surface area (Å²) in [6.07, 6.45) is 1.95. The van der Waals surface area contributed by atoms with Gasteiger partial charge in [-0.05, 0) is 25.5 Å². The summed E-state index contributed by atoms with van der Waals surface area (Å²) in [6, 6.07) is 8.39. The van der Waals surface area contributed by atoms with Crippen molar-refractivity contribution in [3.8, 4) is 0 Å². The van der Waals surface area contributed by atoms with E-state index in [0.29, 0.717) is 0 Å². The van der Waals surface area contributed by atoms with E-state index in [1.54, 1.807) is 0 Å². The minimum Gasteiger partial charge on any atom is -0.311 e. The molecule has 1 aromatic carbocycles. The summed E-state index contributed by atoms with van der Waals surface area (Å²) < 4.78 is 0.174. The van der Waals surface area contributed by atoms with Gasteiger partial charge in [0.25, 0.3) is 0 Å². The zero-order chi connectivity index (χ0) is 11.8. The molecule has 0 fully saturated rings. The molecule has 0 bridgehead atoms. The zero-order valence-electron chi connectivity index (χ0n) is 9.93. The molecule has 1 atom stereocenters. The summed E-state index contributed by atoms with van der Waals surface area (Å²) in [5, 5.41) is 0. The lowest BCUT2D eigenvalue weighted by Crippen LogP contribution is -2.34. The summed E-state index contributed by atoms with van der Waals surface area (Å²) in [5.74, 6) is 0. The number of amides is 1. The number of rotatable bonds is 1. The molecule has 1 heterocycles. The fraction of sp³-hybridized carbons (Fsp3) is 0.462. The topological polar surface area (TPSA) is 20.3 Å². The molecule has 0 aromatic heterocycles. The van der Waals surface area contributed by atoms with E-state index in [9.17, 15) is 4.79 Å². The Hall–Kier alpha value is -0.960. The molecule has 86 valence electrons. The maximum absolute atomic E-state index is 11.2. The lowest BCUT2D eigenvalue weighted by Gasteiger charge is -2.27. The first-order valence-corrected chi connectivity index (χ1v) is 6.37. The average molecular weight is 235 g/mol. The largest absolute Gasteiger partial charge is 0.311 e. The van der Waals surface area contributed by atoms with Gasteiger partial charge in [-0.15, -0.1) is 11.8 Å². The van der Waals surface area contributed by atoms with Gasteiger partial charge >= 0.3 is 0 Å². The molecule has 0 saturated carbocycles. The minimum atomic E-state index is 0.174. The molecule has 1 aromatic rings. The van der Waals surface area contributed by atoms with Crippen molar-refractivity contribution in [3.63, 3.8) is 0 Å². The van der Waals surface area contributed by atoms with Crippen molar-refractivity contribution < 1.29 is 4.79 Å². The van der Waals surface area contributed by atoms with E-state index in [0.717, 1.165) is 18.5 Å². The van der Waals surface area contributed by atoms with Crippen LogP contribution >= 0.6 is 11.8 Å². The third-order valence-corrected chi connectivity index (χ3v) is 4.19. The molecule has 0 radical (unpaired) electrons. The Kier molecular flexibility index (Phi) is 2.98. The standard InChI is InChI=1S/C13H17NOS/c1-10-8-13(2,3)16-12-7-5-4-6-11(12)14(10)9-15/h4-7,9-10H,8H2,1-3H3. The van der Waals surface area contributed by atoms with Gasteiger partial charge in [0.05, 0.1) is 5.69 Å². The number of hydrogen-bond donors (Lipinski definition) is 0. The van der Waals surface area contributed by atoms with Gasteiger partial charge < -0.3 is 4.90 Å². The third-order valence-electron chi connectivity index (χ3n) is 2.91. The van der Waals surface area contributed by atoms with Gasteiger partial charge in [-0.1, -0.05) is 26.0 Å². The van der Waals surface area contributed by atoms with Crippen molar-refractivity contribution in [1.29, 1.82) is 0 Å². The highest BCUT2D eigenvalue weighted by molar-refractivity contribution is 8.00. The zero-order valence-corrected chi connectivity index (χ0v) is 10.8. The van der Waals surface area contributed by atoms with E-state index in [4.69, 9.17) is 0 Å². The number of fused-ring (bicyclic) bond motifs is 1. The van der Waals surface area contributed by atoms with Crippen LogP contribution in [0, 0.1) is 0 Å². The Balaban J connectivity index is 2.50. The normalized spacial score (nSPS) is 23.4. The van der Waals surface area contributed by atoms with Crippen molar-refractivity contribution in [2.45, 2.75) is 42.9 Å². The lowest BCUT2D eigenvalue weighted by atomic mass is 10.0. The molecular formula is C13H17NOS. The number of anilines is 1. The fourth-order valence-electron chi connectivity index (χ4n) is 2.30. The van der Waals surface area contributed by atoms with Crippen LogP contribution < -0.4 is 4.90 Å². The molecule has 0 saturated heterocycles. The second kappa shape index (κ2) is 4.13. The van der Waals surface area contributed by atoms with Crippen LogP contribution in [-0.2, 0) is 4.79 Å². The SMILES string of the molecule is CC1CC(C)(C)Sc2ccccc2N1C=O. The van der Waals surface area contributed by atoms with Crippen molar-refractivity contribution in [1.82, 2.24) is 0 Å². The molecule has 0 N–H and O–H groups in total. The van der Waals surface area contributed by atoms with Gasteiger partial charge in [-0.3, -0.25) is 4.79 Å². The first-order chi connectivity index (χ1) is 7.53. The van der Waals surface area contributed by atoms with Gasteiger partial charge in [-0.25, -0.2) is 0 Å². The molecule has 1 amide bonds. The highest BCUT2D eigenvalue weighted by Crippen LogP contribution is 2.44. The predicted octanol–water partition coefficient (Wildman–Crippen LogP) is 3.31. The molecule has 0 aliphatic carbocycles. The van der Waals surface area contributed by atoms with Gasteiger partial charge in [0.2, 0.25) is 6.41 Å².